The van der Waals surface area contributed by atoms with Crippen LogP contribution in [0.15, 0.2) is 45.3 Å². The number of benzene rings is 4. The van der Waals surface area contributed by atoms with Gasteiger partial charge in [-0.25, -0.2) is 0 Å². The molecule has 98 valence electrons. The molecular weight excluding hydrogens is 376 g/mol. The molecule has 0 nitrogen and oxygen atoms in total. The van der Waals surface area contributed by atoms with Crippen molar-refractivity contribution in [1.82, 2.24) is 0 Å². The van der Waals surface area contributed by atoms with E-state index in [0.717, 1.165) is 8.95 Å². The fraction of sp³-hybridized carbons (Fsp3) is 0.111. The first-order valence-electron chi connectivity index (χ1n) is 6.60. The van der Waals surface area contributed by atoms with E-state index in [1.165, 1.54) is 43.4 Å². The molecule has 0 bridgehead atoms. The molecule has 0 aromatic heterocycles. The third-order valence-corrected chi connectivity index (χ3v) is 5.52. The van der Waals surface area contributed by atoms with Crippen LogP contribution < -0.4 is 0 Å². The standard InChI is InChI=1S/C18H12Br2/c1-9-7-10(2)12-4-6-14-16(20)8-15(19)13-5-3-11(9)17(12)18(13)14/h3-8H,1-2H3. The van der Waals surface area contributed by atoms with Crippen molar-refractivity contribution >= 4 is 64.2 Å². The van der Waals surface area contributed by atoms with Crippen molar-refractivity contribution in [2.24, 2.45) is 0 Å². The molecular formula is C18H12Br2. The molecule has 0 aliphatic carbocycles. The number of halogens is 2. The Morgan fingerprint density at radius 1 is 0.600 bits per heavy atom. The minimum Gasteiger partial charge on any atom is -0.0551 e. The Morgan fingerprint density at radius 3 is 1.50 bits per heavy atom. The van der Waals surface area contributed by atoms with E-state index in [-0.39, 0.29) is 0 Å². The van der Waals surface area contributed by atoms with Crippen LogP contribution in [0.3, 0.4) is 0 Å². The molecule has 0 spiro atoms. The summed E-state index contributed by atoms with van der Waals surface area (Å²) in [6.07, 6.45) is 0. The molecule has 0 N–H and O–H groups in total. The molecule has 0 unspecified atom stereocenters. The van der Waals surface area contributed by atoms with Gasteiger partial charge in [-0.05, 0) is 63.4 Å². The molecule has 4 rings (SSSR count). The summed E-state index contributed by atoms with van der Waals surface area (Å²) in [6.45, 7) is 4.39. The van der Waals surface area contributed by atoms with Gasteiger partial charge in [-0.1, -0.05) is 62.2 Å². The summed E-state index contributed by atoms with van der Waals surface area (Å²) in [5.41, 5.74) is 2.70. The zero-order chi connectivity index (χ0) is 14.0. The highest BCUT2D eigenvalue weighted by Crippen LogP contribution is 2.42. The Morgan fingerprint density at radius 2 is 1.00 bits per heavy atom. The lowest BCUT2D eigenvalue weighted by Gasteiger charge is -2.16. The molecule has 20 heavy (non-hydrogen) atoms. The van der Waals surface area contributed by atoms with Crippen LogP contribution in [-0.2, 0) is 0 Å². The van der Waals surface area contributed by atoms with Crippen LogP contribution >= 0.6 is 31.9 Å². The van der Waals surface area contributed by atoms with E-state index in [2.05, 4.69) is 82.1 Å². The quantitative estimate of drug-likeness (QED) is 0.293. The van der Waals surface area contributed by atoms with Crippen LogP contribution in [0.1, 0.15) is 11.1 Å². The highest BCUT2D eigenvalue weighted by atomic mass is 79.9. The van der Waals surface area contributed by atoms with Gasteiger partial charge in [-0.15, -0.1) is 0 Å². The molecule has 4 aromatic carbocycles. The Labute approximate surface area is 134 Å². The summed E-state index contributed by atoms with van der Waals surface area (Å²) >= 11 is 7.40. The predicted octanol–water partition coefficient (Wildman–Crippen LogP) is 6.73. The molecule has 0 heterocycles. The van der Waals surface area contributed by atoms with E-state index in [0.29, 0.717) is 0 Å². The Kier molecular flexibility index (Phi) is 2.64. The van der Waals surface area contributed by atoms with Crippen LogP contribution in [0.5, 0.6) is 0 Å². The third-order valence-electron chi connectivity index (χ3n) is 4.21. The summed E-state index contributed by atoms with van der Waals surface area (Å²) in [6, 6.07) is 13.4. The number of hydrogen-bond acceptors (Lipinski definition) is 0. The smallest absolute Gasteiger partial charge is 0.0265 e. The van der Waals surface area contributed by atoms with E-state index >= 15 is 0 Å². The van der Waals surface area contributed by atoms with Gasteiger partial charge in [0.1, 0.15) is 0 Å². The van der Waals surface area contributed by atoms with Crippen LogP contribution in [0.2, 0.25) is 0 Å². The third kappa shape index (κ3) is 1.52. The molecule has 2 heteroatoms. The van der Waals surface area contributed by atoms with Crippen molar-refractivity contribution < 1.29 is 0 Å². The van der Waals surface area contributed by atoms with Crippen LogP contribution in [0.25, 0.3) is 32.3 Å². The minimum absolute atomic E-state index is 1.14. The maximum Gasteiger partial charge on any atom is 0.0265 e. The average Bonchev–Trinajstić information content (AvgIpc) is 2.42. The maximum absolute atomic E-state index is 3.70. The van der Waals surface area contributed by atoms with Crippen molar-refractivity contribution in [3.63, 3.8) is 0 Å². The molecule has 0 saturated carbocycles. The van der Waals surface area contributed by atoms with Crippen molar-refractivity contribution in [2.45, 2.75) is 13.8 Å². The summed E-state index contributed by atoms with van der Waals surface area (Å²) in [5, 5.41) is 8.02. The first-order chi connectivity index (χ1) is 9.58. The predicted molar refractivity (Wildman–Crippen MR) is 95.0 cm³/mol. The maximum atomic E-state index is 3.70. The van der Waals surface area contributed by atoms with Gasteiger partial charge in [-0.3, -0.25) is 0 Å². The van der Waals surface area contributed by atoms with Crippen molar-refractivity contribution in [3.05, 3.63) is 56.5 Å². The monoisotopic (exact) mass is 386 g/mol. The van der Waals surface area contributed by atoms with Gasteiger partial charge in [0.05, 0.1) is 0 Å². The topological polar surface area (TPSA) is 0 Å². The molecule has 4 aromatic rings. The minimum atomic E-state index is 1.14. The van der Waals surface area contributed by atoms with Crippen LogP contribution in [0, 0.1) is 13.8 Å². The first kappa shape index (κ1) is 12.6. The number of aryl methyl sites for hydroxylation is 2. The molecule has 0 radical (unpaired) electrons. The summed E-state index contributed by atoms with van der Waals surface area (Å²) in [4.78, 5) is 0. The fourth-order valence-corrected chi connectivity index (χ4v) is 4.72. The van der Waals surface area contributed by atoms with Crippen LogP contribution in [0.4, 0.5) is 0 Å². The van der Waals surface area contributed by atoms with E-state index in [1.807, 2.05) is 0 Å². The van der Waals surface area contributed by atoms with Gasteiger partial charge in [-0.2, -0.15) is 0 Å². The van der Waals surface area contributed by atoms with E-state index in [4.69, 9.17) is 0 Å². The van der Waals surface area contributed by atoms with Gasteiger partial charge < -0.3 is 0 Å². The van der Waals surface area contributed by atoms with Crippen molar-refractivity contribution in [2.75, 3.05) is 0 Å². The average molecular weight is 388 g/mol. The lowest BCUT2D eigenvalue weighted by Crippen LogP contribution is -1.90. The number of hydrogen-bond donors (Lipinski definition) is 0. The molecule has 0 saturated heterocycles. The van der Waals surface area contributed by atoms with Gasteiger partial charge in [0.25, 0.3) is 0 Å². The van der Waals surface area contributed by atoms with Gasteiger partial charge >= 0.3 is 0 Å². The normalized spacial score (nSPS) is 12.0. The highest BCUT2D eigenvalue weighted by Gasteiger charge is 2.14. The Bertz CT molecular complexity index is 830. The number of rotatable bonds is 0. The van der Waals surface area contributed by atoms with E-state index < -0.39 is 0 Å². The molecule has 0 atom stereocenters. The van der Waals surface area contributed by atoms with Crippen molar-refractivity contribution in [3.8, 4) is 0 Å². The molecule has 0 fully saturated rings. The zero-order valence-corrected chi connectivity index (χ0v) is 14.4. The largest absolute Gasteiger partial charge is 0.0551 e. The second-order valence-corrected chi connectivity index (χ2v) is 7.13. The van der Waals surface area contributed by atoms with E-state index in [1.54, 1.807) is 0 Å². The highest BCUT2D eigenvalue weighted by molar-refractivity contribution is 9.11. The van der Waals surface area contributed by atoms with E-state index in [9.17, 15) is 0 Å². The second-order valence-electron chi connectivity index (χ2n) is 5.42. The first-order valence-corrected chi connectivity index (χ1v) is 8.19. The lowest BCUT2D eigenvalue weighted by molar-refractivity contribution is 1.46. The Balaban J connectivity index is 2.47. The van der Waals surface area contributed by atoms with Gasteiger partial charge in [0.2, 0.25) is 0 Å². The molecule has 0 aliphatic rings. The Hall–Kier alpha value is -1.12. The summed E-state index contributed by atoms with van der Waals surface area (Å²) < 4.78 is 2.29. The van der Waals surface area contributed by atoms with Crippen LogP contribution in [-0.4, -0.2) is 0 Å². The fourth-order valence-electron chi connectivity index (χ4n) is 3.30. The lowest BCUT2D eigenvalue weighted by atomic mass is 9.90. The van der Waals surface area contributed by atoms with Gasteiger partial charge in [0, 0.05) is 8.95 Å². The molecule has 0 aliphatic heterocycles. The molecule has 0 amide bonds. The summed E-state index contributed by atoms with van der Waals surface area (Å²) in [7, 11) is 0. The SMILES string of the molecule is Cc1cc(C)c2ccc3c(Br)cc(Br)c4ccc1c2c43. The summed E-state index contributed by atoms with van der Waals surface area (Å²) in [5.74, 6) is 0. The second kappa shape index (κ2) is 4.19. The van der Waals surface area contributed by atoms with Crippen molar-refractivity contribution in [1.29, 1.82) is 0 Å². The van der Waals surface area contributed by atoms with Gasteiger partial charge in [0.15, 0.2) is 0 Å². The zero-order valence-electron chi connectivity index (χ0n) is 11.2.